The zero-order valence-electron chi connectivity index (χ0n) is 22.2. The maximum absolute atomic E-state index is 13.3. The first kappa shape index (κ1) is 25.3. The maximum atomic E-state index is 13.3. The second kappa shape index (κ2) is 8.23. The second-order valence-electron chi connectivity index (χ2n) is 12.1. The van der Waals surface area contributed by atoms with Crippen LogP contribution >= 0.6 is 0 Å². The molecule has 200 valence electrons. The number of Topliss-reactive ketones (excluding diaryl/α,β-unsaturated/α-hetero) is 1. The Balaban J connectivity index is 1.29. The summed E-state index contributed by atoms with van der Waals surface area (Å²) in [7, 11) is 0. The van der Waals surface area contributed by atoms with Crippen LogP contribution in [0, 0.1) is 28.6 Å². The Bertz CT molecular complexity index is 1310. The van der Waals surface area contributed by atoms with Crippen LogP contribution < -0.4 is 0 Å². The summed E-state index contributed by atoms with van der Waals surface area (Å²) >= 11 is 0. The van der Waals surface area contributed by atoms with Crippen molar-refractivity contribution in [3.05, 3.63) is 71.5 Å². The monoisotopic (exact) mass is 518 g/mol. The first-order chi connectivity index (χ1) is 18.0. The van der Waals surface area contributed by atoms with Gasteiger partial charge in [0.25, 0.3) is 0 Å². The number of aliphatic hydroxyl groups is 1. The molecule has 4 aliphatic carbocycles. The van der Waals surface area contributed by atoms with E-state index >= 15 is 0 Å². The van der Waals surface area contributed by atoms with Crippen LogP contribution in [0.3, 0.4) is 0 Å². The minimum absolute atomic E-state index is 0.0619. The molecule has 1 aliphatic heterocycles. The molecule has 1 heterocycles. The highest BCUT2D eigenvalue weighted by Gasteiger charge is 2.81. The number of ether oxygens (including phenoxy) is 3. The molecule has 38 heavy (non-hydrogen) atoms. The third-order valence-electron chi connectivity index (χ3n) is 10.3. The highest BCUT2D eigenvalue weighted by atomic mass is 16.6. The average molecular weight is 519 g/mol. The number of ketones is 1. The number of carbonyl (C=O) groups excluding carboxylic acids is 3. The molecule has 1 N–H and O–H groups in total. The fraction of sp³-hybridized carbons (Fsp3) is 0.516. The van der Waals surface area contributed by atoms with Crippen LogP contribution in [0.4, 0.5) is 0 Å². The van der Waals surface area contributed by atoms with Crippen molar-refractivity contribution in [2.24, 2.45) is 28.6 Å². The first-order valence-corrected chi connectivity index (χ1v) is 13.4. The van der Waals surface area contributed by atoms with E-state index in [9.17, 15) is 19.5 Å². The molecule has 0 aromatic heterocycles. The summed E-state index contributed by atoms with van der Waals surface area (Å²) in [4.78, 5) is 37.3. The van der Waals surface area contributed by atoms with E-state index in [4.69, 9.17) is 14.2 Å². The van der Waals surface area contributed by atoms with Crippen LogP contribution in [-0.4, -0.2) is 46.7 Å². The van der Waals surface area contributed by atoms with Gasteiger partial charge in [0.15, 0.2) is 6.61 Å². The van der Waals surface area contributed by atoms with Gasteiger partial charge in [0.2, 0.25) is 5.78 Å². The molecule has 6 unspecified atom stereocenters. The normalized spacial score (nSPS) is 41.9. The molecule has 5 aliphatic rings. The van der Waals surface area contributed by atoms with Crippen LogP contribution in [0.2, 0.25) is 0 Å². The number of carbonyl (C=O) groups is 3. The van der Waals surface area contributed by atoms with Crippen molar-refractivity contribution in [1.82, 2.24) is 0 Å². The minimum Gasteiger partial charge on any atom is -0.458 e. The fourth-order valence-corrected chi connectivity index (χ4v) is 8.41. The van der Waals surface area contributed by atoms with E-state index in [2.05, 4.69) is 19.1 Å². The third kappa shape index (κ3) is 3.18. The van der Waals surface area contributed by atoms with Crippen molar-refractivity contribution in [3.8, 4) is 0 Å². The summed E-state index contributed by atoms with van der Waals surface area (Å²) in [6.45, 7) is 6.96. The highest BCUT2D eigenvalue weighted by Crippen LogP contribution is 2.75. The van der Waals surface area contributed by atoms with Crippen molar-refractivity contribution in [1.29, 1.82) is 0 Å². The Morgan fingerprint density at radius 1 is 1.13 bits per heavy atom. The Hall–Kier alpha value is -3.03. The van der Waals surface area contributed by atoms with Crippen LogP contribution in [0.25, 0.3) is 0 Å². The van der Waals surface area contributed by atoms with Gasteiger partial charge >= 0.3 is 11.9 Å². The van der Waals surface area contributed by atoms with E-state index in [1.807, 2.05) is 32.1 Å². The van der Waals surface area contributed by atoms with Crippen LogP contribution in [0.1, 0.15) is 57.3 Å². The number of esters is 2. The zero-order valence-corrected chi connectivity index (χ0v) is 22.2. The molecule has 1 spiro atoms. The van der Waals surface area contributed by atoms with Crippen molar-refractivity contribution in [2.45, 2.75) is 64.3 Å². The number of allylic oxidation sites excluding steroid dienone is 3. The predicted molar refractivity (Wildman–Crippen MR) is 138 cm³/mol. The highest BCUT2D eigenvalue weighted by molar-refractivity contribution is 5.91. The topological polar surface area (TPSA) is 102 Å². The standard InChI is InChI=1S/C31H34O7/c1-18-14-24-23-11-10-21-15-22(37-27(34)20-8-6-5-7-9-20)12-13-28(21,3)31(23)26(38-31)16-29(24,4)30(18,35)25(33)17-36-19(2)32/h5-10,12-13,15,18,23-24,26,35H,11,14,16-17H2,1-4H3/t18-,23?,24?,26?,28?,29?,30+,31?/m1/s1. The summed E-state index contributed by atoms with van der Waals surface area (Å²) in [5.41, 5.74) is -1.58. The number of rotatable bonds is 5. The molecule has 7 heteroatoms. The van der Waals surface area contributed by atoms with Crippen LogP contribution in [0.15, 0.2) is 66.0 Å². The van der Waals surface area contributed by atoms with Crippen molar-refractivity contribution >= 4 is 17.7 Å². The number of epoxide rings is 1. The van der Waals surface area contributed by atoms with Gasteiger partial charge in [0.05, 0.1) is 11.7 Å². The van der Waals surface area contributed by atoms with E-state index in [0.717, 1.165) is 12.0 Å². The molecule has 8 atom stereocenters. The summed E-state index contributed by atoms with van der Waals surface area (Å²) in [6, 6.07) is 8.92. The number of hydrogen-bond acceptors (Lipinski definition) is 7. The summed E-state index contributed by atoms with van der Waals surface area (Å²) in [5.74, 6) is -0.955. The molecule has 7 nitrogen and oxygen atoms in total. The molecule has 0 radical (unpaired) electrons. The van der Waals surface area contributed by atoms with Crippen molar-refractivity contribution in [3.63, 3.8) is 0 Å². The van der Waals surface area contributed by atoms with E-state index < -0.39 is 46.4 Å². The lowest BCUT2D eigenvalue weighted by Gasteiger charge is -2.54. The first-order valence-electron chi connectivity index (χ1n) is 13.4. The maximum Gasteiger partial charge on any atom is 0.343 e. The molecule has 6 rings (SSSR count). The Kier molecular flexibility index (Phi) is 5.47. The van der Waals surface area contributed by atoms with E-state index in [1.165, 1.54) is 6.92 Å². The largest absolute Gasteiger partial charge is 0.458 e. The Morgan fingerprint density at radius 3 is 2.58 bits per heavy atom. The quantitative estimate of drug-likeness (QED) is 0.458. The lowest BCUT2D eigenvalue weighted by atomic mass is 9.48. The lowest BCUT2D eigenvalue weighted by molar-refractivity contribution is -0.170. The molecule has 2 saturated carbocycles. The molecule has 3 fully saturated rings. The third-order valence-corrected chi connectivity index (χ3v) is 10.3. The van der Waals surface area contributed by atoms with Gasteiger partial charge in [-0.1, -0.05) is 44.2 Å². The van der Waals surface area contributed by atoms with Gasteiger partial charge in [-0.2, -0.15) is 0 Å². The predicted octanol–water partition coefficient (Wildman–Crippen LogP) is 4.32. The molecule has 0 amide bonds. The van der Waals surface area contributed by atoms with Crippen molar-refractivity contribution in [2.75, 3.05) is 6.61 Å². The van der Waals surface area contributed by atoms with Gasteiger partial charge in [-0.25, -0.2) is 4.79 Å². The van der Waals surface area contributed by atoms with Gasteiger partial charge < -0.3 is 19.3 Å². The molecule has 1 aromatic carbocycles. The van der Waals surface area contributed by atoms with E-state index in [1.54, 1.807) is 24.3 Å². The van der Waals surface area contributed by atoms with Gasteiger partial charge in [0.1, 0.15) is 17.0 Å². The van der Waals surface area contributed by atoms with E-state index in [-0.39, 0.29) is 23.9 Å². The Labute approximate surface area is 222 Å². The van der Waals surface area contributed by atoms with Crippen LogP contribution in [0.5, 0.6) is 0 Å². The summed E-state index contributed by atoms with van der Waals surface area (Å²) in [5, 5.41) is 11.9. The smallest absolute Gasteiger partial charge is 0.343 e. The summed E-state index contributed by atoms with van der Waals surface area (Å²) < 4.78 is 17.3. The average Bonchev–Trinajstić information content (AvgIpc) is 3.57. The van der Waals surface area contributed by atoms with Crippen molar-refractivity contribution < 1.29 is 33.7 Å². The molecular formula is C31H34O7. The van der Waals surface area contributed by atoms with Gasteiger partial charge in [0, 0.05) is 17.8 Å². The minimum atomic E-state index is -1.59. The molecule has 1 saturated heterocycles. The number of fused-ring (bicyclic) bond motifs is 3. The van der Waals surface area contributed by atoms with Gasteiger partial charge in [-0.3, -0.25) is 9.59 Å². The summed E-state index contributed by atoms with van der Waals surface area (Å²) in [6.07, 6.45) is 9.96. The molecule has 0 bridgehead atoms. The number of hydrogen-bond donors (Lipinski definition) is 1. The van der Waals surface area contributed by atoms with Gasteiger partial charge in [-0.15, -0.1) is 0 Å². The molecular weight excluding hydrogens is 484 g/mol. The Morgan fingerprint density at radius 2 is 1.87 bits per heavy atom. The number of benzene rings is 1. The SMILES string of the molecule is CC(=O)OCC(=O)[C@@]1(O)[C@H](C)CC2C3CC=C4C=C(OC(=O)c5ccccc5)C=CC4(C)C34OC4CC21C. The molecule has 1 aromatic rings. The van der Waals surface area contributed by atoms with Gasteiger partial charge in [-0.05, 0) is 73.8 Å². The zero-order chi connectivity index (χ0) is 27.1. The van der Waals surface area contributed by atoms with E-state index in [0.29, 0.717) is 24.2 Å². The van der Waals surface area contributed by atoms with Crippen LogP contribution in [-0.2, 0) is 23.8 Å². The second-order valence-corrected chi connectivity index (χ2v) is 12.1. The fourth-order valence-electron chi connectivity index (χ4n) is 8.41. The lowest BCUT2D eigenvalue weighted by Crippen LogP contribution is -2.62.